The monoisotopic (exact) mass is 264 g/mol. The van der Waals surface area contributed by atoms with E-state index in [0.717, 1.165) is 25.7 Å². The molecule has 0 aromatic heterocycles. The van der Waals surface area contributed by atoms with Crippen LogP contribution >= 0.6 is 0 Å². The quantitative estimate of drug-likeness (QED) is 0.673. The second-order valence-electron chi connectivity index (χ2n) is 4.68. The Hall–Kier alpha value is -1.35. The maximum Gasteiger partial charge on any atom is 0.338 e. The zero-order valence-electron chi connectivity index (χ0n) is 12.1. The van der Waals surface area contributed by atoms with E-state index in [9.17, 15) is 4.79 Å². The minimum atomic E-state index is -0.263. The van der Waals surface area contributed by atoms with Crippen LogP contribution in [0.15, 0.2) is 24.3 Å². The molecule has 1 atom stereocenters. The van der Waals surface area contributed by atoms with Gasteiger partial charge in [-0.2, -0.15) is 0 Å². The first kappa shape index (κ1) is 15.7. The van der Waals surface area contributed by atoms with Crippen LogP contribution in [0.4, 0.5) is 0 Å². The van der Waals surface area contributed by atoms with Crippen molar-refractivity contribution in [3.05, 3.63) is 35.4 Å². The summed E-state index contributed by atoms with van der Waals surface area (Å²) in [5.41, 5.74) is 1.82. The lowest BCUT2D eigenvalue weighted by Crippen LogP contribution is -2.23. The molecule has 3 heteroatoms. The third kappa shape index (κ3) is 5.43. The van der Waals surface area contributed by atoms with Crippen LogP contribution in [0.1, 0.15) is 49.0 Å². The molecule has 106 valence electrons. The van der Waals surface area contributed by atoms with E-state index >= 15 is 0 Å². The minimum Gasteiger partial charge on any atom is -0.456 e. The third-order valence-electron chi connectivity index (χ3n) is 3.10. The van der Waals surface area contributed by atoms with Gasteiger partial charge in [-0.3, -0.25) is 0 Å². The summed E-state index contributed by atoms with van der Waals surface area (Å²) in [4.78, 5) is 12.0. The summed E-state index contributed by atoms with van der Waals surface area (Å²) in [7, 11) is 1.63. The number of unbranched alkanes of at least 4 members (excludes halogenated alkanes) is 1. The molecule has 0 aliphatic carbocycles. The summed E-state index contributed by atoms with van der Waals surface area (Å²) in [6.45, 7) is 4.67. The minimum absolute atomic E-state index is 0.150. The lowest BCUT2D eigenvalue weighted by molar-refractivity contribution is 0.00251. The number of carbonyl (C=O) groups excluding carboxylic acids is 1. The van der Waals surface area contributed by atoms with Crippen molar-refractivity contribution in [1.29, 1.82) is 0 Å². The van der Waals surface area contributed by atoms with Gasteiger partial charge < -0.3 is 9.47 Å². The fourth-order valence-corrected chi connectivity index (χ4v) is 1.89. The second kappa shape index (κ2) is 8.70. The normalized spacial score (nSPS) is 12.2. The van der Waals surface area contributed by atoms with E-state index in [0.29, 0.717) is 12.2 Å². The van der Waals surface area contributed by atoms with Crippen LogP contribution in [0, 0.1) is 0 Å². The van der Waals surface area contributed by atoms with Crippen molar-refractivity contribution < 1.29 is 14.3 Å². The van der Waals surface area contributed by atoms with Crippen molar-refractivity contribution in [2.45, 2.75) is 45.6 Å². The average molecular weight is 264 g/mol. The van der Waals surface area contributed by atoms with Crippen molar-refractivity contribution >= 4 is 5.97 Å². The van der Waals surface area contributed by atoms with Gasteiger partial charge >= 0.3 is 5.97 Å². The third-order valence-corrected chi connectivity index (χ3v) is 3.10. The number of benzene rings is 1. The van der Waals surface area contributed by atoms with Gasteiger partial charge in [0.25, 0.3) is 0 Å². The number of hydrogen-bond donors (Lipinski definition) is 0. The van der Waals surface area contributed by atoms with Gasteiger partial charge in [-0.15, -0.1) is 0 Å². The molecule has 0 bridgehead atoms. The van der Waals surface area contributed by atoms with E-state index in [1.54, 1.807) is 7.11 Å². The van der Waals surface area contributed by atoms with Crippen LogP contribution in [0.25, 0.3) is 0 Å². The molecule has 0 heterocycles. The Morgan fingerprint density at radius 2 is 1.89 bits per heavy atom. The molecule has 0 saturated carbocycles. The van der Waals surface area contributed by atoms with Crippen molar-refractivity contribution in [2.24, 2.45) is 0 Å². The van der Waals surface area contributed by atoms with E-state index in [2.05, 4.69) is 13.8 Å². The highest BCUT2D eigenvalue weighted by Gasteiger charge is 2.15. The highest BCUT2D eigenvalue weighted by molar-refractivity contribution is 5.89. The zero-order chi connectivity index (χ0) is 14.1. The Kier molecular flexibility index (Phi) is 7.19. The molecule has 0 saturated heterocycles. The first-order chi connectivity index (χ1) is 9.21. The summed E-state index contributed by atoms with van der Waals surface area (Å²) in [6, 6.07) is 7.58. The molecule has 1 unspecified atom stereocenters. The Bertz CT molecular complexity index is 370. The summed E-state index contributed by atoms with van der Waals surface area (Å²) in [5, 5.41) is 0. The van der Waals surface area contributed by atoms with Gasteiger partial charge in [0.2, 0.25) is 0 Å². The molecular formula is C16H24O3. The van der Waals surface area contributed by atoms with Crippen LogP contribution in [0.3, 0.4) is 0 Å². The lowest BCUT2D eigenvalue weighted by atomic mass is 10.1. The molecule has 1 rings (SSSR count). The highest BCUT2D eigenvalue weighted by Crippen LogP contribution is 2.11. The smallest absolute Gasteiger partial charge is 0.338 e. The van der Waals surface area contributed by atoms with E-state index in [-0.39, 0.29) is 12.1 Å². The molecule has 0 amide bonds. The van der Waals surface area contributed by atoms with Gasteiger partial charge in [0.1, 0.15) is 6.10 Å². The number of carbonyl (C=O) groups is 1. The first-order valence-corrected chi connectivity index (χ1v) is 7.00. The van der Waals surface area contributed by atoms with Crippen molar-refractivity contribution in [1.82, 2.24) is 0 Å². The van der Waals surface area contributed by atoms with Crippen LogP contribution < -0.4 is 0 Å². The number of esters is 1. The Morgan fingerprint density at radius 1 is 1.21 bits per heavy atom. The average Bonchev–Trinajstić information content (AvgIpc) is 2.45. The molecule has 0 aliphatic heterocycles. The van der Waals surface area contributed by atoms with Crippen LogP contribution in [-0.4, -0.2) is 25.8 Å². The first-order valence-electron chi connectivity index (χ1n) is 7.00. The largest absolute Gasteiger partial charge is 0.456 e. The van der Waals surface area contributed by atoms with Crippen molar-refractivity contribution in [3.63, 3.8) is 0 Å². The van der Waals surface area contributed by atoms with Gasteiger partial charge in [-0.05, 0) is 37.0 Å². The van der Waals surface area contributed by atoms with Gasteiger partial charge in [-0.25, -0.2) is 4.79 Å². The summed E-state index contributed by atoms with van der Waals surface area (Å²) in [5.74, 6) is -0.263. The van der Waals surface area contributed by atoms with Gasteiger partial charge in [0, 0.05) is 7.11 Å². The summed E-state index contributed by atoms with van der Waals surface area (Å²) < 4.78 is 10.6. The maximum atomic E-state index is 12.0. The van der Waals surface area contributed by atoms with E-state index in [1.165, 1.54) is 5.56 Å². The second-order valence-corrected chi connectivity index (χ2v) is 4.68. The number of hydrogen-bond acceptors (Lipinski definition) is 3. The molecule has 0 spiro atoms. The summed E-state index contributed by atoms with van der Waals surface area (Å²) in [6.07, 6.45) is 3.80. The molecule has 3 nitrogen and oxygen atoms in total. The molecule has 0 fully saturated rings. The number of ether oxygens (including phenoxy) is 2. The molecule has 1 aromatic rings. The van der Waals surface area contributed by atoms with Crippen molar-refractivity contribution in [3.8, 4) is 0 Å². The zero-order valence-corrected chi connectivity index (χ0v) is 12.1. The molecule has 19 heavy (non-hydrogen) atoms. The lowest BCUT2D eigenvalue weighted by Gasteiger charge is -2.16. The number of rotatable bonds is 8. The molecule has 1 aromatic carbocycles. The predicted octanol–water partition coefficient (Wildman–Crippen LogP) is 3.61. The fourth-order valence-electron chi connectivity index (χ4n) is 1.89. The van der Waals surface area contributed by atoms with Crippen LogP contribution in [0.5, 0.6) is 0 Å². The molecule has 0 N–H and O–H groups in total. The molecular weight excluding hydrogens is 240 g/mol. The Labute approximate surface area is 115 Å². The van der Waals surface area contributed by atoms with Crippen LogP contribution in [0.2, 0.25) is 0 Å². The van der Waals surface area contributed by atoms with Crippen molar-refractivity contribution in [2.75, 3.05) is 13.7 Å². The Morgan fingerprint density at radius 3 is 2.42 bits per heavy atom. The molecule has 0 aliphatic rings. The number of aryl methyl sites for hydroxylation is 1. The Balaban J connectivity index is 2.58. The van der Waals surface area contributed by atoms with E-state index < -0.39 is 0 Å². The SMILES string of the molecule is CCCCC(COC)OC(=O)c1ccc(CC)cc1. The summed E-state index contributed by atoms with van der Waals surface area (Å²) >= 11 is 0. The van der Waals surface area contributed by atoms with E-state index in [4.69, 9.17) is 9.47 Å². The van der Waals surface area contributed by atoms with Crippen LogP contribution in [-0.2, 0) is 15.9 Å². The molecule has 0 radical (unpaired) electrons. The number of methoxy groups -OCH3 is 1. The topological polar surface area (TPSA) is 35.5 Å². The van der Waals surface area contributed by atoms with Gasteiger partial charge in [-0.1, -0.05) is 32.4 Å². The van der Waals surface area contributed by atoms with E-state index in [1.807, 2.05) is 24.3 Å². The standard InChI is InChI=1S/C16H24O3/c1-4-6-7-15(12-18-3)19-16(17)14-10-8-13(5-2)9-11-14/h8-11,15H,4-7,12H2,1-3H3. The maximum absolute atomic E-state index is 12.0. The highest BCUT2D eigenvalue weighted by atomic mass is 16.6. The fraction of sp³-hybridized carbons (Fsp3) is 0.562. The van der Waals surface area contributed by atoms with Gasteiger partial charge in [0.15, 0.2) is 0 Å². The predicted molar refractivity (Wildman–Crippen MR) is 76.4 cm³/mol. The van der Waals surface area contributed by atoms with Gasteiger partial charge in [0.05, 0.1) is 12.2 Å².